The number of aryl methyl sites for hydroxylation is 1. The summed E-state index contributed by atoms with van der Waals surface area (Å²) in [6.45, 7) is 5.28. The number of rotatable bonds is 7. The molecule has 3 aromatic rings. The molecule has 14 heteroatoms. The molecule has 5 amide bonds. The molecule has 3 atom stereocenters. The van der Waals surface area contributed by atoms with Crippen LogP contribution in [-0.2, 0) is 32.0 Å². The minimum atomic E-state index is -1.11. The maximum Gasteiger partial charge on any atom is 0.262 e. The van der Waals surface area contributed by atoms with E-state index in [4.69, 9.17) is 9.47 Å². The van der Waals surface area contributed by atoms with Crippen molar-refractivity contribution in [1.29, 1.82) is 0 Å². The minimum absolute atomic E-state index is 0.107. The van der Waals surface area contributed by atoms with Gasteiger partial charge >= 0.3 is 0 Å². The zero-order chi connectivity index (χ0) is 37.6. The number of fused-ring (bicyclic) bond motifs is 2. The summed E-state index contributed by atoms with van der Waals surface area (Å²) in [5.41, 5.74) is 1.70. The molecule has 278 valence electrons. The van der Waals surface area contributed by atoms with Crippen LogP contribution in [-0.4, -0.2) is 80.3 Å². The van der Waals surface area contributed by atoms with Gasteiger partial charge in [0.25, 0.3) is 11.8 Å². The lowest BCUT2D eigenvalue weighted by atomic mass is 10.00. The monoisotopic (exact) mass is 733 g/mol. The summed E-state index contributed by atoms with van der Waals surface area (Å²) in [5.74, 6) is -2.08. The van der Waals surface area contributed by atoms with E-state index in [-0.39, 0.29) is 54.9 Å². The van der Waals surface area contributed by atoms with E-state index in [0.29, 0.717) is 35.8 Å². The first kappa shape index (κ1) is 39.5. The number of hydrogen-bond donors (Lipinski definition) is 5. The molecular weight excluding hydrogens is 687 g/mol. The maximum absolute atomic E-state index is 13.9. The number of benzene rings is 2. The fourth-order valence-corrected chi connectivity index (χ4v) is 6.40. The average molecular weight is 734 g/mol. The molecule has 13 nitrogen and oxygen atoms in total. The Morgan fingerprint density at radius 2 is 1.63 bits per heavy atom. The molecule has 2 bridgehead atoms. The number of amides is 5. The maximum atomic E-state index is 13.9. The molecule has 5 N–H and O–H groups in total. The fourth-order valence-electron chi connectivity index (χ4n) is 5.60. The van der Waals surface area contributed by atoms with Crippen molar-refractivity contribution in [1.82, 2.24) is 26.6 Å². The summed E-state index contributed by atoms with van der Waals surface area (Å²) in [6, 6.07) is 14.6. The molecule has 0 spiro atoms. The van der Waals surface area contributed by atoms with Crippen molar-refractivity contribution in [3.05, 3.63) is 81.5 Å². The largest absolute Gasteiger partial charge is 0.493 e. The van der Waals surface area contributed by atoms with Crippen LogP contribution in [0.3, 0.4) is 0 Å². The molecule has 1 aliphatic heterocycles. The predicted molar refractivity (Wildman–Crippen MR) is 196 cm³/mol. The third-order valence-electron chi connectivity index (χ3n) is 8.48. The van der Waals surface area contributed by atoms with E-state index in [1.807, 2.05) is 50.2 Å². The van der Waals surface area contributed by atoms with Crippen molar-refractivity contribution < 1.29 is 38.2 Å². The number of methoxy groups -OCH3 is 1. The van der Waals surface area contributed by atoms with Crippen LogP contribution in [0.4, 0.5) is 0 Å². The van der Waals surface area contributed by atoms with E-state index in [0.717, 1.165) is 22.5 Å². The first-order chi connectivity index (χ1) is 24.9. The van der Waals surface area contributed by atoms with E-state index < -0.39 is 41.8 Å². The second-order valence-electron chi connectivity index (χ2n) is 12.9. The van der Waals surface area contributed by atoms with E-state index in [9.17, 15) is 28.8 Å². The minimum Gasteiger partial charge on any atom is -0.493 e. The lowest BCUT2D eigenvalue weighted by Crippen LogP contribution is -2.58. The standard InChI is InChI=1S/C38H47N5O8S/c1-23(2)34-38(49)40-19-8-12-26-14-15-29(50-4)30(21-26)51-22-33(45)39-18-9-13-27(41-37(48)32-17-16-31(52-32)24(3)44)35(46)42-28(36(47)43-34)20-25-10-6-5-7-11-25/h5-7,10-11,14-17,21,23,27-28,34H,8-9,12-13,18-20,22H2,1-4H3,(H,39,45)(H,40,49)(H,41,48)(H,42,46)(H,43,47)/t27-,28-,34+/m0/s1. The summed E-state index contributed by atoms with van der Waals surface area (Å²) in [5, 5.41) is 14.1. The number of nitrogens with one attached hydrogen (secondary N) is 5. The zero-order valence-corrected chi connectivity index (χ0v) is 30.7. The van der Waals surface area contributed by atoms with Gasteiger partial charge in [0.1, 0.15) is 18.1 Å². The SMILES string of the molecule is COc1ccc2cc1OCC(=O)NCCC[C@H](NC(=O)c1ccc(C(C)=O)s1)C(=O)N[C@@H](Cc1ccccc1)C(=O)N[C@H](C(C)C)C(=O)NCCC2. The number of ketones is 1. The van der Waals surface area contributed by atoms with Crippen molar-refractivity contribution in [2.75, 3.05) is 26.8 Å². The van der Waals surface area contributed by atoms with Crippen LogP contribution in [0, 0.1) is 5.92 Å². The highest BCUT2D eigenvalue weighted by atomic mass is 32.1. The molecular formula is C38H47N5O8S. The molecule has 2 aromatic carbocycles. The van der Waals surface area contributed by atoms with Crippen LogP contribution >= 0.6 is 11.3 Å². The van der Waals surface area contributed by atoms with E-state index >= 15 is 0 Å². The molecule has 1 aromatic heterocycles. The molecule has 0 fully saturated rings. The smallest absolute Gasteiger partial charge is 0.262 e. The van der Waals surface area contributed by atoms with Crippen LogP contribution in [0.25, 0.3) is 0 Å². The molecule has 4 rings (SSSR count). The Kier molecular flexibility index (Phi) is 14.7. The van der Waals surface area contributed by atoms with E-state index in [1.165, 1.54) is 20.1 Å². The molecule has 0 saturated carbocycles. The van der Waals surface area contributed by atoms with Crippen molar-refractivity contribution in [2.24, 2.45) is 5.92 Å². The van der Waals surface area contributed by atoms with Crippen molar-refractivity contribution >= 4 is 46.7 Å². The fraction of sp³-hybridized carbons (Fsp3) is 0.421. The number of ether oxygens (including phenoxy) is 2. The van der Waals surface area contributed by atoms with Crippen molar-refractivity contribution in [2.45, 2.75) is 71.0 Å². The van der Waals surface area contributed by atoms with Gasteiger partial charge in [0.2, 0.25) is 17.7 Å². The first-order valence-electron chi connectivity index (χ1n) is 17.4. The Morgan fingerprint density at radius 3 is 2.33 bits per heavy atom. The second-order valence-corrected chi connectivity index (χ2v) is 14.0. The number of carbonyl (C=O) groups excluding carboxylic acids is 6. The van der Waals surface area contributed by atoms with Gasteiger partial charge in [-0.25, -0.2) is 0 Å². The Balaban J connectivity index is 1.61. The summed E-state index contributed by atoms with van der Waals surface area (Å²) in [7, 11) is 1.51. The van der Waals surface area contributed by atoms with Gasteiger partial charge in [0, 0.05) is 19.5 Å². The van der Waals surface area contributed by atoms with Crippen LogP contribution in [0.2, 0.25) is 0 Å². The predicted octanol–water partition coefficient (Wildman–Crippen LogP) is 2.96. The zero-order valence-electron chi connectivity index (χ0n) is 29.9. The lowest BCUT2D eigenvalue weighted by Gasteiger charge is -2.27. The van der Waals surface area contributed by atoms with Crippen molar-refractivity contribution in [3.8, 4) is 11.5 Å². The average Bonchev–Trinajstić information content (AvgIpc) is 3.63. The highest BCUT2D eigenvalue weighted by Gasteiger charge is 2.31. The first-order valence-corrected chi connectivity index (χ1v) is 18.2. The number of thiophene rings is 1. The molecule has 1 aliphatic rings. The second kappa shape index (κ2) is 19.4. The van der Waals surface area contributed by atoms with E-state index in [1.54, 1.807) is 18.2 Å². The molecule has 0 radical (unpaired) electrons. The molecule has 2 heterocycles. The van der Waals surface area contributed by atoms with Gasteiger partial charge in [-0.2, -0.15) is 0 Å². The molecule has 0 saturated heterocycles. The van der Waals surface area contributed by atoms with Gasteiger partial charge in [-0.3, -0.25) is 28.8 Å². The number of Topliss-reactive ketones (excluding diaryl/α,β-unsaturated/α-hetero) is 1. The molecule has 0 unspecified atom stereocenters. The summed E-state index contributed by atoms with van der Waals surface area (Å²) >= 11 is 1.01. The van der Waals surface area contributed by atoms with Gasteiger partial charge in [0.15, 0.2) is 23.9 Å². The van der Waals surface area contributed by atoms with Crippen LogP contribution in [0.5, 0.6) is 11.5 Å². The number of hydrogen-bond acceptors (Lipinski definition) is 9. The van der Waals surface area contributed by atoms with Crippen LogP contribution in [0.1, 0.15) is 70.5 Å². The van der Waals surface area contributed by atoms with Crippen LogP contribution < -0.4 is 36.1 Å². The summed E-state index contributed by atoms with van der Waals surface area (Å²) in [4.78, 5) is 79.7. The normalized spacial score (nSPS) is 19.8. The van der Waals surface area contributed by atoms with Crippen LogP contribution in [0.15, 0.2) is 60.7 Å². The molecule has 52 heavy (non-hydrogen) atoms. The highest BCUT2D eigenvalue weighted by Crippen LogP contribution is 2.28. The highest BCUT2D eigenvalue weighted by molar-refractivity contribution is 7.16. The third kappa shape index (κ3) is 11.7. The summed E-state index contributed by atoms with van der Waals surface area (Å²) in [6.07, 6.45) is 1.72. The van der Waals surface area contributed by atoms with Crippen molar-refractivity contribution in [3.63, 3.8) is 0 Å². The Labute approximate surface area is 307 Å². The Hall–Kier alpha value is -5.24. The third-order valence-corrected chi connectivity index (χ3v) is 9.67. The number of carbonyl (C=O) groups is 6. The summed E-state index contributed by atoms with van der Waals surface area (Å²) < 4.78 is 11.2. The van der Waals surface area contributed by atoms with E-state index in [2.05, 4.69) is 26.6 Å². The molecule has 0 aliphatic carbocycles. The lowest BCUT2D eigenvalue weighted by molar-refractivity contribution is -0.133. The van der Waals surface area contributed by atoms with Gasteiger partial charge < -0.3 is 36.1 Å². The van der Waals surface area contributed by atoms with Gasteiger partial charge in [-0.15, -0.1) is 11.3 Å². The van der Waals surface area contributed by atoms with Gasteiger partial charge in [-0.1, -0.05) is 50.2 Å². The van der Waals surface area contributed by atoms with Gasteiger partial charge in [-0.05, 0) is 73.9 Å². The topological polar surface area (TPSA) is 181 Å². The Bertz CT molecular complexity index is 1730. The Morgan fingerprint density at radius 1 is 0.904 bits per heavy atom. The van der Waals surface area contributed by atoms with Gasteiger partial charge in [0.05, 0.1) is 16.9 Å². The quantitative estimate of drug-likeness (QED) is 0.230.